The molecule has 0 bridgehead atoms. The maximum atomic E-state index is 13.3. The van der Waals surface area contributed by atoms with Crippen molar-refractivity contribution in [2.24, 2.45) is 0 Å². The molecule has 0 atom stereocenters. The highest BCUT2D eigenvalue weighted by Gasteiger charge is 2.29. The number of carbonyl (C=O) groups is 1. The topological polar surface area (TPSA) is 67.6 Å². The van der Waals surface area contributed by atoms with E-state index < -0.39 is 0 Å². The van der Waals surface area contributed by atoms with Gasteiger partial charge < -0.3 is 19.5 Å². The summed E-state index contributed by atoms with van der Waals surface area (Å²) in [4.78, 5) is 15.3. The van der Waals surface area contributed by atoms with Crippen LogP contribution in [0.4, 0.5) is 11.6 Å². The molecular formula is C22H22ClN3O3. The maximum Gasteiger partial charge on any atom is 0.263 e. The summed E-state index contributed by atoms with van der Waals surface area (Å²) < 4.78 is 11.1. The van der Waals surface area contributed by atoms with Crippen molar-refractivity contribution in [1.29, 1.82) is 0 Å². The van der Waals surface area contributed by atoms with E-state index in [1.54, 1.807) is 12.1 Å². The second-order valence-corrected chi connectivity index (χ2v) is 7.53. The van der Waals surface area contributed by atoms with E-state index in [4.69, 9.17) is 20.9 Å². The summed E-state index contributed by atoms with van der Waals surface area (Å²) in [6.07, 6.45) is 0. The lowest BCUT2D eigenvalue weighted by molar-refractivity contribution is 0.102. The predicted octanol–water partition coefficient (Wildman–Crippen LogP) is 4.70. The molecule has 0 radical (unpaired) electrons. The summed E-state index contributed by atoms with van der Waals surface area (Å²) in [5, 5.41) is 7.86. The van der Waals surface area contributed by atoms with Crippen molar-refractivity contribution in [2.75, 3.05) is 36.5 Å². The van der Waals surface area contributed by atoms with E-state index in [2.05, 4.69) is 10.5 Å². The van der Waals surface area contributed by atoms with Crippen LogP contribution in [-0.4, -0.2) is 37.4 Å². The zero-order valence-corrected chi connectivity index (χ0v) is 17.1. The number of hydrogen-bond donors (Lipinski definition) is 1. The van der Waals surface area contributed by atoms with Gasteiger partial charge in [0.15, 0.2) is 0 Å². The summed E-state index contributed by atoms with van der Waals surface area (Å²) in [7, 11) is 0. The van der Waals surface area contributed by atoms with Crippen molar-refractivity contribution in [3.8, 4) is 11.3 Å². The van der Waals surface area contributed by atoms with Crippen molar-refractivity contribution in [3.63, 3.8) is 0 Å². The number of aromatic nitrogens is 1. The molecule has 3 aromatic rings. The maximum absolute atomic E-state index is 13.3. The van der Waals surface area contributed by atoms with Crippen LogP contribution in [0.1, 0.15) is 21.5 Å². The number of carbonyl (C=O) groups excluding carboxylic acids is 1. The van der Waals surface area contributed by atoms with Gasteiger partial charge in [-0.05, 0) is 37.6 Å². The van der Waals surface area contributed by atoms with Gasteiger partial charge in [0, 0.05) is 29.4 Å². The smallest absolute Gasteiger partial charge is 0.263 e. The van der Waals surface area contributed by atoms with Crippen LogP contribution in [0.15, 0.2) is 47.0 Å². The van der Waals surface area contributed by atoms with Gasteiger partial charge in [-0.15, -0.1) is 0 Å². The molecule has 0 spiro atoms. The number of amides is 1. The lowest BCUT2D eigenvalue weighted by Gasteiger charge is -2.26. The van der Waals surface area contributed by atoms with Gasteiger partial charge in [0.25, 0.3) is 5.91 Å². The molecule has 6 nitrogen and oxygen atoms in total. The number of halogens is 1. The van der Waals surface area contributed by atoms with Crippen LogP contribution in [0.2, 0.25) is 5.02 Å². The third kappa shape index (κ3) is 4.13. The minimum absolute atomic E-state index is 0.260. The van der Waals surface area contributed by atoms with Crippen molar-refractivity contribution >= 4 is 29.1 Å². The van der Waals surface area contributed by atoms with E-state index in [0.29, 0.717) is 48.5 Å². The average molecular weight is 412 g/mol. The van der Waals surface area contributed by atoms with Crippen molar-refractivity contribution < 1.29 is 14.1 Å². The minimum Gasteiger partial charge on any atom is -0.378 e. The van der Waals surface area contributed by atoms with E-state index in [0.717, 1.165) is 22.4 Å². The first-order chi connectivity index (χ1) is 14.0. The standard InChI is InChI=1S/C22H22ClN3O3/c1-14-3-8-18(15(2)13-14)24-21(27)19-20(16-4-6-17(23)7-5-16)25-29-22(19)26-9-11-28-12-10-26/h3-8,13H,9-12H2,1-2H3,(H,24,27). The number of rotatable bonds is 4. The Morgan fingerprint density at radius 2 is 1.83 bits per heavy atom. The Kier molecular flexibility index (Phi) is 5.56. The molecular weight excluding hydrogens is 390 g/mol. The summed E-state index contributed by atoms with van der Waals surface area (Å²) in [6, 6.07) is 13.1. The molecule has 0 unspecified atom stereocenters. The zero-order valence-electron chi connectivity index (χ0n) is 16.4. The fourth-order valence-electron chi connectivity index (χ4n) is 3.41. The molecule has 2 aromatic carbocycles. The molecule has 1 fully saturated rings. The van der Waals surface area contributed by atoms with Gasteiger partial charge in [0.2, 0.25) is 5.88 Å². The van der Waals surface area contributed by atoms with Gasteiger partial charge in [0.1, 0.15) is 11.3 Å². The Bertz CT molecular complexity index is 1020. The fourth-order valence-corrected chi connectivity index (χ4v) is 3.54. The van der Waals surface area contributed by atoms with Crippen LogP contribution < -0.4 is 10.2 Å². The lowest BCUT2D eigenvalue weighted by Crippen LogP contribution is -2.37. The normalized spacial score (nSPS) is 14.1. The fraction of sp³-hybridized carbons (Fsp3) is 0.273. The highest BCUT2D eigenvalue weighted by molar-refractivity contribution is 6.30. The summed E-state index contributed by atoms with van der Waals surface area (Å²) >= 11 is 6.02. The molecule has 2 heterocycles. The molecule has 7 heteroatoms. The second-order valence-electron chi connectivity index (χ2n) is 7.09. The summed E-state index contributed by atoms with van der Waals surface area (Å²) in [5.41, 5.74) is 4.57. The highest BCUT2D eigenvalue weighted by atomic mass is 35.5. The van der Waals surface area contributed by atoms with Gasteiger partial charge >= 0.3 is 0 Å². The number of anilines is 2. The number of benzene rings is 2. The van der Waals surface area contributed by atoms with E-state index >= 15 is 0 Å². The van der Waals surface area contributed by atoms with E-state index in [-0.39, 0.29) is 5.91 Å². The van der Waals surface area contributed by atoms with Crippen LogP contribution in [-0.2, 0) is 4.74 Å². The van der Waals surface area contributed by atoms with Crippen molar-refractivity contribution in [2.45, 2.75) is 13.8 Å². The second kappa shape index (κ2) is 8.27. The van der Waals surface area contributed by atoms with Crippen LogP contribution in [0, 0.1) is 13.8 Å². The van der Waals surface area contributed by atoms with E-state index in [9.17, 15) is 4.79 Å². The molecule has 1 aliphatic rings. The molecule has 1 N–H and O–H groups in total. The van der Waals surface area contributed by atoms with Crippen LogP contribution in [0.5, 0.6) is 0 Å². The van der Waals surface area contributed by atoms with Gasteiger partial charge in [0.05, 0.1) is 13.2 Å². The quantitative estimate of drug-likeness (QED) is 0.673. The molecule has 1 saturated heterocycles. The predicted molar refractivity (Wildman–Crippen MR) is 114 cm³/mol. The monoisotopic (exact) mass is 411 g/mol. The first-order valence-electron chi connectivity index (χ1n) is 9.50. The van der Waals surface area contributed by atoms with Crippen LogP contribution in [0.25, 0.3) is 11.3 Å². The molecule has 0 saturated carbocycles. The number of hydrogen-bond acceptors (Lipinski definition) is 5. The molecule has 1 amide bonds. The first kappa shape index (κ1) is 19.5. The highest BCUT2D eigenvalue weighted by Crippen LogP contribution is 2.33. The lowest BCUT2D eigenvalue weighted by atomic mass is 10.1. The summed E-state index contributed by atoms with van der Waals surface area (Å²) in [5.74, 6) is 0.199. The molecule has 150 valence electrons. The zero-order chi connectivity index (χ0) is 20.4. The van der Waals surface area contributed by atoms with Gasteiger partial charge in [-0.2, -0.15) is 0 Å². The van der Waals surface area contributed by atoms with Crippen LogP contribution in [0.3, 0.4) is 0 Å². The third-order valence-corrected chi connectivity index (χ3v) is 5.20. The van der Waals surface area contributed by atoms with Crippen molar-refractivity contribution in [3.05, 3.63) is 64.2 Å². The van der Waals surface area contributed by atoms with Gasteiger partial charge in [-0.25, -0.2) is 0 Å². The third-order valence-electron chi connectivity index (χ3n) is 4.95. The number of nitrogens with one attached hydrogen (secondary N) is 1. The van der Waals surface area contributed by atoms with Crippen molar-refractivity contribution in [1.82, 2.24) is 5.16 Å². The minimum atomic E-state index is -0.260. The number of ether oxygens (including phenoxy) is 1. The average Bonchev–Trinajstić information content (AvgIpc) is 3.16. The van der Waals surface area contributed by atoms with Crippen LogP contribution >= 0.6 is 11.6 Å². The van der Waals surface area contributed by atoms with E-state index in [1.165, 1.54) is 0 Å². The van der Waals surface area contributed by atoms with E-state index in [1.807, 2.05) is 49.1 Å². The number of morpholine rings is 1. The number of aryl methyl sites for hydroxylation is 2. The molecule has 1 aliphatic heterocycles. The largest absolute Gasteiger partial charge is 0.378 e. The molecule has 0 aliphatic carbocycles. The van der Waals surface area contributed by atoms with Gasteiger partial charge in [-0.3, -0.25) is 4.79 Å². The van der Waals surface area contributed by atoms with Gasteiger partial charge in [-0.1, -0.05) is 46.6 Å². The molecule has 29 heavy (non-hydrogen) atoms. The number of nitrogens with zero attached hydrogens (tertiary/aromatic N) is 2. The Hall–Kier alpha value is -2.83. The SMILES string of the molecule is Cc1ccc(NC(=O)c2c(-c3ccc(Cl)cc3)noc2N2CCOCC2)c(C)c1. The Morgan fingerprint density at radius 1 is 1.10 bits per heavy atom. The molecule has 1 aromatic heterocycles. The molecule has 4 rings (SSSR count). The Morgan fingerprint density at radius 3 is 2.52 bits per heavy atom. The first-order valence-corrected chi connectivity index (χ1v) is 9.87. The summed E-state index contributed by atoms with van der Waals surface area (Å²) in [6.45, 7) is 6.43. The Balaban J connectivity index is 1.74. The Labute approximate surface area is 174 Å².